The Balaban J connectivity index is 2.45. The number of nitrogens with zero attached hydrogens (tertiary/aromatic N) is 1. The third-order valence-electron chi connectivity index (χ3n) is 1.35. The van der Waals surface area contributed by atoms with E-state index in [-0.39, 0.29) is 0 Å². The fourth-order valence-electron chi connectivity index (χ4n) is 0.733. The van der Waals surface area contributed by atoms with Crippen LogP contribution in [-0.2, 0) is 0 Å². The summed E-state index contributed by atoms with van der Waals surface area (Å²) in [5, 5.41) is 7.24. The van der Waals surface area contributed by atoms with E-state index in [1.165, 1.54) is 4.88 Å². The van der Waals surface area contributed by atoms with Crippen molar-refractivity contribution in [1.82, 2.24) is 10.7 Å². The standard InChI is InChI=1S/C8H11N3S2/c1-6-3-4-7(13-6)5-10-11-8(12)9-2/h3-5H,1-2H3,(H2,9,11,12). The minimum atomic E-state index is 0.518. The molecule has 3 nitrogen and oxygen atoms in total. The van der Waals surface area contributed by atoms with Gasteiger partial charge in [0, 0.05) is 16.8 Å². The Labute approximate surface area is 86.9 Å². The molecule has 1 heterocycles. The molecule has 0 atom stereocenters. The van der Waals surface area contributed by atoms with Gasteiger partial charge in [-0.05, 0) is 31.3 Å². The molecule has 5 heteroatoms. The van der Waals surface area contributed by atoms with Crippen LogP contribution in [0.15, 0.2) is 17.2 Å². The number of aryl methyl sites for hydroxylation is 1. The van der Waals surface area contributed by atoms with E-state index in [4.69, 9.17) is 12.2 Å². The maximum Gasteiger partial charge on any atom is 0.186 e. The van der Waals surface area contributed by atoms with Crippen molar-refractivity contribution in [2.45, 2.75) is 6.92 Å². The first kappa shape index (κ1) is 10.1. The number of nitrogens with one attached hydrogen (secondary N) is 2. The van der Waals surface area contributed by atoms with Crippen molar-refractivity contribution in [3.05, 3.63) is 21.9 Å². The SMILES string of the molecule is CNC(=S)NN=Cc1ccc(C)s1. The molecule has 0 radical (unpaired) electrons. The molecule has 0 aliphatic carbocycles. The molecule has 0 spiro atoms. The third-order valence-corrected chi connectivity index (χ3v) is 2.58. The zero-order valence-electron chi connectivity index (χ0n) is 7.50. The highest BCUT2D eigenvalue weighted by Gasteiger charge is 1.91. The lowest BCUT2D eigenvalue weighted by molar-refractivity contribution is 0.982. The molecule has 70 valence electrons. The average molecular weight is 213 g/mol. The molecule has 0 aromatic carbocycles. The molecule has 0 aliphatic rings. The molecular weight excluding hydrogens is 202 g/mol. The average Bonchev–Trinajstić information content (AvgIpc) is 2.51. The lowest BCUT2D eigenvalue weighted by atomic mass is 10.4. The van der Waals surface area contributed by atoms with Crippen molar-refractivity contribution >= 4 is 34.9 Å². The van der Waals surface area contributed by atoms with Gasteiger partial charge in [0.1, 0.15) is 0 Å². The van der Waals surface area contributed by atoms with E-state index in [0.29, 0.717) is 5.11 Å². The molecule has 0 saturated carbocycles. The molecule has 0 unspecified atom stereocenters. The van der Waals surface area contributed by atoms with Crippen LogP contribution in [0.25, 0.3) is 0 Å². The van der Waals surface area contributed by atoms with E-state index < -0.39 is 0 Å². The summed E-state index contributed by atoms with van der Waals surface area (Å²) in [6.45, 7) is 2.06. The van der Waals surface area contributed by atoms with Gasteiger partial charge in [-0.3, -0.25) is 5.43 Å². The second-order valence-corrected chi connectivity index (χ2v) is 4.13. The number of thiocarbonyl (C=S) groups is 1. The largest absolute Gasteiger partial charge is 0.364 e. The molecule has 1 aromatic rings. The van der Waals surface area contributed by atoms with E-state index in [0.717, 1.165) is 4.88 Å². The number of hydrazone groups is 1. The van der Waals surface area contributed by atoms with Crippen molar-refractivity contribution in [3.63, 3.8) is 0 Å². The van der Waals surface area contributed by atoms with Gasteiger partial charge in [-0.2, -0.15) is 5.10 Å². The highest BCUT2D eigenvalue weighted by molar-refractivity contribution is 7.80. The highest BCUT2D eigenvalue weighted by atomic mass is 32.1. The number of hydrogen-bond donors (Lipinski definition) is 2. The van der Waals surface area contributed by atoms with Crippen LogP contribution in [0, 0.1) is 6.92 Å². The zero-order chi connectivity index (χ0) is 9.68. The van der Waals surface area contributed by atoms with Crippen LogP contribution in [0.1, 0.15) is 9.75 Å². The topological polar surface area (TPSA) is 36.4 Å². The molecule has 0 amide bonds. The lowest BCUT2D eigenvalue weighted by Gasteiger charge is -1.98. The van der Waals surface area contributed by atoms with Crippen molar-refractivity contribution in [1.29, 1.82) is 0 Å². The van der Waals surface area contributed by atoms with Gasteiger partial charge in [0.05, 0.1) is 6.21 Å². The fraction of sp³-hybridized carbons (Fsp3) is 0.250. The summed E-state index contributed by atoms with van der Waals surface area (Å²) in [6.07, 6.45) is 1.75. The van der Waals surface area contributed by atoms with Gasteiger partial charge in [-0.1, -0.05) is 0 Å². The van der Waals surface area contributed by atoms with E-state index in [9.17, 15) is 0 Å². The first-order valence-electron chi connectivity index (χ1n) is 3.79. The zero-order valence-corrected chi connectivity index (χ0v) is 9.13. The van der Waals surface area contributed by atoms with Gasteiger partial charge in [0.15, 0.2) is 5.11 Å². The maximum atomic E-state index is 4.84. The number of rotatable bonds is 2. The van der Waals surface area contributed by atoms with Crippen LogP contribution in [0.2, 0.25) is 0 Å². The van der Waals surface area contributed by atoms with Crippen LogP contribution >= 0.6 is 23.6 Å². The summed E-state index contributed by atoms with van der Waals surface area (Å²) in [6, 6.07) is 4.08. The number of hydrogen-bond acceptors (Lipinski definition) is 3. The fourth-order valence-corrected chi connectivity index (χ4v) is 1.54. The Morgan fingerprint density at radius 3 is 2.92 bits per heavy atom. The van der Waals surface area contributed by atoms with E-state index >= 15 is 0 Å². The smallest absolute Gasteiger partial charge is 0.186 e. The minimum Gasteiger partial charge on any atom is -0.364 e. The lowest BCUT2D eigenvalue weighted by Crippen LogP contribution is -2.28. The van der Waals surface area contributed by atoms with Crippen LogP contribution in [-0.4, -0.2) is 18.4 Å². The molecule has 0 saturated heterocycles. The van der Waals surface area contributed by atoms with Gasteiger partial charge in [0.2, 0.25) is 0 Å². The van der Waals surface area contributed by atoms with Crippen LogP contribution in [0.3, 0.4) is 0 Å². The van der Waals surface area contributed by atoms with Crippen LogP contribution in [0.4, 0.5) is 0 Å². The van der Waals surface area contributed by atoms with E-state index in [2.05, 4.69) is 28.8 Å². The second kappa shape index (κ2) is 4.94. The Kier molecular flexibility index (Phi) is 3.85. The first-order valence-corrected chi connectivity index (χ1v) is 5.02. The summed E-state index contributed by atoms with van der Waals surface area (Å²) < 4.78 is 0. The Hall–Kier alpha value is -0.940. The molecule has 0 aliphatic heterocycles. The monoisotopic (exact) mass is 213 g/mol. The first-order chi connectivity index (χ1) is 6.22. The van der Waals surface area contributed by atoms with Crippen molar-refractivity contribution in [2.24, 2.45) is 5.10 Å². The summed E-state index contributed by atoms with van der Waals surface area (Å²) in [5.41, 5.74) is 2.69. The van der Waals surface area contributed by atoms with Gasteiger partial charge in [-0.25, -0.2) is 0 Å². The molecule has 1 aromatic heterocycles. The third kappa shape index (κ3) is 3.52. The quantitative estimate of drug-likeness (QED) is 0.444. The predicted molar refractivity (Wildman–Crippen MR) is 61.4 cm³/mol. The molecule has 0 bridgehead atoms. The Morgan fingerprint density at radius 1 is 1.62 bits per heavy atom. The Morgan fingerprint density at radius 2 is 2.38 bits per heavy atom. The molecule has 13 heavy (non-hydrogen) atoms. The summed E-state index contributed by atoms with van der Waals surface area (Å²) in [5.74, 6) is 0. The van der Waals surface area contributed by atoms with Crippen LogP contribution < -0.4 is 10.7 Å². The van der Waals surface area contributed by atoms with Gasteiger partial charge >= 0.3 is 0 Å². The van der Waals surface area contributed by atoms with Crippen molar-refractivity contribution in [2.75, 3.05) is 7.05 Å². The van der Waals surface area contributed by atoms with Crippen molar-refractivity contribution < 1.29 is 0 Å². The molecule has 2 N–H and O–H groups in total. The molecule has 0 fully saturated rings. The number of thiophene rings is 1. The van der Waals surface area contributed by atoms with E-state index in [1.807, 2.05) is 6.07 Å². The van der Waals surface area contributed by atoms with Gasteiger partial charge in [-0.15, -0.1) is 11.3 Å². The molecule has 1 rings (SSSR count). The van der Waals surface area contributed by atoms with Crippen LogP contribution in [0.5, 0.6) is 0 Å². The summed E-state index contributed by atoms with van der Waals surface area (Å²) >= 11 is 6.54. The highest BCUT2D eigenvalue weighted by Crippen LogP contribution is 2.11. The predicted octanol–water partition coefficient (Wildman–Crippen LogP) is 1.48. The van der Waals surface area contributed by atoms with Crippen molar-refractivity contribution in [3.8, 4) is 0 Å². The summed E-state index contributed by atoms with van der Waals surface area (Å²) in [4.78, 5) is 2.39. The van der Waals surface area contributed by atoms with E-state index in [1.54, 1.807) is 24.6 Å². The normalized spacial score (nSPS) is 10.3. The van der Waals surface area contributed by atoms with Gasteiger partial charge in [0.25, 0.3) is 0 Å². The Bertz CT molecular complexity index is 317. The van der Waals surface area contributed by atoms with Gasteiger partial charge < -0.3 is 5.32 Å². The minimum absolute atomic E-state index is 0.518. The second-order valence-electron chi connectivity index (χ2n) is 2.40. The summed E-state index contributed by atoms with van der Waals surface area (Å²) in [7, 11) is 1.75. The maximum absolute atomic E-state index is 4.84. The molecular formula is C8H11N3S2.